The van der Waals surface area contributed by atoms with E-state index in [1.807, 2.05) is 30.3 Å². The quantitative estimate of drug-likeness (QED) is 0.461. The molecular formula is C25H23NO8. The summed E-state index contributed by atoms with van der Waals surface area (Å²) >= 11 is 0. The lowest BCUT2D eigenvalue weighted by Gasteiger charge is -2.45. The standard InChI is InChI=1S/C25H23NO8/c1-31-21(27)17-18(22(28)32-2)20(24(30)34-4)26-15-9-8-13-25(26,19(17)23(29)33-3)14-12-16-10-6-5-7-11-16/h5-15H,1-4H3/b14-12-/t25-/m1/s1. The molecule has 0 saturated heterocycles. The summed E-state index contributed by atoms with van der Waals surface area (Å²) in [5.41, 5.74) is -2.24. The van der Waals surface area contributed by atoms with Crippen molar-refractivity contribution in [3.05, 3.63) is 88.8 Å². The van der Waals surface area contributed by atoms with Crippen LogP contribution in [0.3, 0.4) is 0 Å². The van der Waals surface area contributed by atoms with Gasteiger partial charge in [-0.1, -0.05) is 42.5 Å². The first-order valence-corrected chi connectivity index (χ1v) is 10.1. The normalized spacial score (nSPS) is 19.1. The second-order valence-electron chi connectivity index (χ2n) is 7.08. The number of ether oxygens (including phenoxy) is 4. The molecule has 2 aliphatic heterocycles. The van der Waals surface area contributed by atoms with Gasteiger partial charge in [0, 0.05) is 6.20 Å². The van der Waals surface area contributed by atoms with Crippen molar-refractivity contribution < 1.29 is 38.1 Å². The highest BCUT2D eigenvalue weighted by Gasteiger charge is 2.53. The Kier molecular flexibility index (Phi) is 7.15. The molecule has 0 N–H and O–H groups in total. The van der Waals surface area contributed by atoms with Crippen LogP contribution in [0.1, 0.15) is 5.56 Å². The molecule has 1 aromatic carbocycles. The molecule has 0 spiro atoms. The van der Waals surface area contributed by atoms with E-state index in [9.17, 15) is 19.2 Å². The third-order valence-electron chi connectivity index (χ3n) is 5.35. The Morgan fingerprint density at radius 3 is 1.94 bits per heavy atom. The highest BCUT2D eigenvalue weighted by molar-refractivity contribution is 6.17. The molecule has 0 aliphatic carbocycles. The lowest BCUT2D eigenvalue weighted by molar-refractivity contribution is -0.143. The van der Waals surface area contributed by atoms with Crippen molar-refractivity contribution in [2.75, 3.05) is 28.4 Å². The van der Waals surface area contributed by atoms with Gasteiger partial charge in [0.15, 0.2) is 0 Å². The summed E-state index contributed by atoms with van der Waals surface area (Å²) in [5, 5.41) is 0. The van der Waals surface area contributed by atoms with Gasteiger partial charge < -0.3 is 23.8 Å². The molecule has 2 heterocycles. The Labute approximate surface area is 196 Å². The third kappa shape index (κ3) is 4.03. The monoisotopic (exact) mass is 465 g/mol. The van der Waals surface area contributed by atoms with Crippen LogP contribution >= 0.6 is 0 Å². The molecule has 0 saturated carbocycles. The number of esters is 4. The zero-order valence-corrected chi connectivity index (χ0v) is 19.1. The number of benzene rings is 1. The zero-order valence-electron chi connectivity index (χ0n) is 19.1. The molecule has 2 aliphatic rings. The maximum Gasteiger partial charge on any atom is 0.355 e. The van der Waals surface area contributed by atoms with E-state index in [-0.39, 0.29) is 11.3 Å². The Hall–Kier alpha value is -4.40. The fourth-order valence-electron chi connectivity index (χ4n) is 3.85. The SMILES string of the molecule is COC(=O)C1=C(C(=O)OC)N2C=CC=C[C@@]2(/C=C\c2ccccc2)C(C(=O)OC)=C1C(=O)OC. The summed E-state index contributed by atoms with van der Waals surface area (Å²) in [6, 6.07) is 9.18. The second-order valence-corrected chi connectivity index (χ2v) is 7.08. The van der Waals surface area contributed by atoms with Crippen molar-refractivity contribution in [3.63, 3.8) is 0 Å². The van der Waals surface area contributed by atoms with Crippen LogP contribution in [0.2, 0.25) is 0 Å². The van der Waals surface area contributed by atoms with Crippen LogP contribution in [0, 0.1) is 0 Å². The summed E-state index contributed by atoms with van der Waals surface area (Å²) < 4.78 is 19.7. The smallest absolute Gasteiger partial charge is 0.355 e. The van der Waals surface area contributed by atoms with Crippen LogP contribution < -0.4 is 0 Å². The molecule has 9 heteroatoms. The average molecular weight is 465 g/mol. The molecule has 0 fully saturated rings. The molecule has 0 unspecified atom stereocenters. The van der Waals surface area contributed by atoms with Gasteiger partial charge in [-0.15, -0.1) is 0 Å². The Morgan fingerprint density at radius 2 is 1.35 bits per heavy atom. The maximum atomic E-state index is 13.2. The number of fused-ring (bicyclic) bond motifs is 1. The summed E-state index contributed by atoms with van der Waals surface area (Å²) in [5.74, 6) is -3.90. The maximum absolute atomic E-state index is 13.2. The number of rotatable bonds is 6. The summed E-state index contributed by atoms with van der Waals surface area (Å²) in [6.07, 6.45) is 9.66. The van der Waals surface area contributed by atoms with Gasteiger partial charge in [0.25, 0.3) is 0 Å². The number of nitrogens with zero attached hydrogens (tertiary/aromatic N) is 1. The molecule has 0 amide bonds. The number of allylic oxidation sites excluding steroid dienone is 2. The summed E-state index contributed by atoms with van der Waals surface area (Å²) in [4.78, 5) is 53.4. The van der Waals surface area contributed by atoms with Gasteiger partial charge in [-0.05, 0) is 23.8 Å². The van der Waals surface area contributed by atoms with Gasteiger partial charge in [-0.2, -0.15) is 0 Å². The van der Waals surface area contributed by atoms with Crippen LogP contribution in [0.5, 0.6) is 0 Å². The fourth-order valence-corrected chi connectivity index (χ4v) is 3.85. The third-order valence-corrected chi connectivity index (χ3v) is 5.35. The Balaban J connectivity index is 2.49. The molecule has 1 aromatic rings. The molecule has 0 radical (unpaired) electrons. The molecule has 1 atom stereocenters. The van der Waals surface area contributed by atoms with Crippen LogP contribution in [-0.2, 0) is 38.1 Å². The van der Waals surface area contributed by atoms with E-state index in [1.165, 1.54) is 11.1 Å². The van der Waals surface area contributed by atoms with Gasteiger partial charge in [-0.3, -0.25) is 0 Å². The molecular weight excluding hydrogens is 442 g/mol. The van der Waals surface area contributed by atoms with Crippen molar-refractivity contribution in [3.8, 4) is 0 Å². The Morgan fingerprint density at radius 1 is 0.765 bits per heavy atom. The highest BCUT2D eigenvalue weighted by Crippen LogP contribution is 2.45. The molecule has 176 valence electrons. The van der Waals surface area contributed by atoms with Gasteiger partial charge in [0.05, 0.1) is 39.6 Å². The highest BCUT2D eigenvalue weighted by atomic mass is 16.5. The van der Waals surface area contributed by atoms with Gasteiger partial charge in [0.1, 0.15) is 16.8 Å². The largest absolute Gasteiger partial charge is 0.466 e. The van der Waals surface area contributed by atoms with E-state index in [0.29, 0.717) is 0 Å². The topological polar surface area (TPSA) is 108 Å². The van der Waals surface area contributed by atoms with E-state index in [1.54, 1.807) is 30.4 Å². The van der Waals surface area contributed by atoms with Crippen LogP contribution in [-0.4, -0.2) is 62.8 Å². The first-order valence-electron chi connectivity index (χ1n) is 10.1. The van der Waals surface area contributed by atoms with E-state index < -0.39 is 40.6 Å². The van der Waals surface area contributed by atoms with Crippen molar-refractivity contribution in [2.45, 2.75) is 5.54 Å². The van der Waals surface area contributed by atoms with Gasteiger partial charge >= 0.3 is 23.9 Å². The van der Waals surface area contributed by atoms with Crippen LogP contribution in [0.15, 0.2) is 83.3 Å². The molecule has 0 aromatic heterocycles. The minimum absolute atomic E-state index is 0.234. The minimum atomic E-state index is -1.54. The molecule has 0 bridgehead atoms. The van der Waals surface area contributed by atoms with Crippen molar-refractivity contribution in [1.29, 1.82) is 0 Å². The number of methoxy groups -OCH3 is 4. The molecule has 34 heavy (non-hydrogen) atoms. The zero-order chi connectivity index (χ0) is 24.9. The van der Waals surface area contributed by atoms with Crippen molar-refractivity contribution in [1.82, 2.24) is 4.90 Å². The first-order chi connectivity index (χ1) is 16.4. The predicted molar refractivity (Wildman–Crippen MR) is 120 cm³/mol. The van der Waals surface area contributed by atoms with Crippen molar-refractivity contribution >= 4 is 30.0 Å². The fraction of sp³-hybridized carbons (Fsp3) is 0.200. The van der Waals surface area contributed by atoms with Crippen LogP contribution in [0.4, 0.5) is 0 Å². The molecule has 9 nitrogen and oxygen atoms in total. The van der Waals surface area contributed by atoms with E-state index in [4.69, 9.17) is 18.9 Å². The predicted octanol–water partition coefficient (Wildman–Crippen LogP) is 2.08. The number of hydrogen-bond donors (Lipinski definition) is 0. The van der Waals surface area contributed by atoms with E-state index in [2.05, 4.69) is 0 Å². The van der Waals surface area contributed by atoms with Gasteiger partial charge in [-0.25, -0.2) is 19.2 Å². The number of carbonyl (C=O) groups excluding carboxylic acids is 4. The lowest BCUT2D eigenvalue weighted by Crippen LogP contribution is -2.53. The number of carbonyl (C=O) groups is 4. The Bertz CT molecular complexity index is 1170. The number of hydrogen-bond acceptors (Lipinski definition) is 9. The minimum Gasteiger partial charge on any atom is -0.466 e. The van der Waals surface area contributed by atoms with Crippen LogP contribution in [0.25, 0.3) is 6.08 Å². The lowest BCUT2D eigenvalue weighted by atomic mass is 9.76. The second kappa shape index (κ2) is 10.0. The molecule has 3 rings (SSSR count). The van der Waals surface area contributed by atoms with Gasteiger partial charge in [0.2, 0.25) is 0 Å². The van der Waals surface area contributed by atoms with E-state index in [0.717, 1.165) is 34.0 Å². The van der Waals surface area contributed by atoms with Crippen molar-refractivity contribution in [2.24, 2.45) is 0 Å². The average Bonchev–Trinajstić information content (AvgIpc) is 2.89. The summed E-state index contributed by atoms with van der Waals surface area (Å²) in [6.45, 7) is 0. The summed E-state index contributed by atoms with van der Waals surface area (Å²) in [7, 11) is 4.45. The van der Waals surface area contributed by atoms with E-state index >= 15 is 0 Å². The first kappa shape index (κ1) is 24.2.